The first kappa shape index (κ1) is 15.3. The predicted octanol–water partition coefficient (Wildman–Crippen LogP) is 4.03. The van der Waals surface area contributed by atoms with E-state index in [0.717, 1.165) is 12.8 Å². The van der Waals surface area contributed by atoms with Crippen LogP contribution in [0.15, 0.2) is 30.0 Å². The molecule has 0 amide bonds. The third kappa shape index (κ3) is 3.13. The maximum atomic E-state index is 5.99. The lowest BCUT2D eigenvalue weighted by atomic mass is 9.92. The molecule has 0 radical (unpaired) electrons. The van der Waals surface area contributed by atoms with E-state index in [-0.39, 0.29) is 0 Å². The van der Waals surface area contributed by atoms with Gasteiger partial charge in [0.15, 0.2) is 0 Å². The van der Waals surface area contributed by atoms with E-state index in [0.29, 0.717) is 24.4 Å². The van der Waals surface area contributed by atoms with Crippen molar-refractivity contribution in [3.05, 3.63) is 40.6 Å². The molecule has 20 heavy (non-hydrogen) atoms. The van der Waals surface area contributed by atoms with Crippen LogP contribution < -0.4 is 5.73 Å². The maximum Gasteiger partial charge on any atom is 0.0954 e. The van der Waals surface area contributed by atoms with Gasteiger partial charge in [0.05, 0.1) is 12.4 Å². The number of hydrogen-bond donors (Lipinski definition) is 1. The molecule has 2 atom stereocenters. The molecule has 2 aromatic heterocycles. The molecule has 2 N–H and O–H groups in total. The largest absolute Gasteiger partial charge is 0.330 e. The number of thiophene rings is 1. The molecule has 0 bridgehead atoms. The van der Waals surface area contributed by atoms with E-state index in [2.05, 4.69) is 47.8 Å². The van der Waals surface area contributed by atoms with Crippen LogP contribution in [0.2, 0.25) is 0 Å². The molecule has 3 nitrogen and oxygen atoms in total. The second-order valence-corrected chi connectivity index (χ2v) is 6.61. The lowest BCUT2D eigenvalue weighted by Gasteiger charge is -2.25. The Bertz CT molecular complexity index is 502. The molecule has 0 aliphatic rings. The van der Waals surface area contributed by atoms with Crippen molar-refractivity contribution < 1.29 is 0 Å². The molecule has 0 aliphatic carbocycles. The van der Waals surface area contributed by atoms with Crippen LogP contribution in [0.3, 0.4) is 0 Å². The summed E-state index contributed by atoms with van der Waals surface area (Å²) in [6.07, 6.45) is 6.27. The zero-order valence-corrected chi connectivity index (χ0v) is 13.4. The smallest absolute Gasteiger partial charge is 0.0954 e. The summed E-state index contributed by atoms with van der Waals surface area (Å²) in [6.45, 7) is 7.37. The molecule has 4 heteroatoms. The van der Waals surface area contributed by atoms with Gasteiger partial charge in [0.1, 0.15) is 0 Å². The summed E-state index contributed by atoms with van der Waals surface area (Å²) < 4.78 is 2.34. The SMILES string of the molecule is CCCC(c1cccs1)n1cncc1C(CN)C(C)C. The highest BCUT2D eigenvalue weighted by Gasteiger charge is 2.23. The number of nitrogens with zero attached hydrogens (tertiary/aromatic N) is 2. The zero-order chi connectivity index (χ0) is 14.5. The van der Waals surface area contributed by atoms with Crippen LogP contribution in [0.4, 0.5) is 0 Å². The Morgan fingerprint density at radius 1 is 1.40 bits per heavy atom. The molecule has 0 aromatic carbocycles. The molecule has 0 saturated heterocycles. The van der Waals surface area contributed by atoms with Crippen LogP contribution in [-0.4, -0.2) is 16.1 Å². The van der Waals surface area contributed by atoms with Gasteiger partial charge >= 0.3 is 0 Å². The highest BCUT2D eigenvalue weighted by atomic mass is 32.1. The summed E-state index contributed by atoms with van der Waals surface area (Å²) in [5.74, 6) is 0.901. The lowest BCUT2D eigenvalue weighted by Crippen LogP contribution is -2.22. The molecule has 0 spiro atoms. The monoisotopic (exact) mass is 291 g/mol. The van der Waals surface area contributed by atoms with Crippen LogP contribution in [0.1, 0.15) is 56.1 Å². The molecule has 2 heterocycles. The Labute approximate surface area is 125 Å². The quantitative estimate of drug-likeness (QED) is 0.837. The van der Waals surface area contributed by atoms with Crippen molar-refractivity contribution in [1.82, 2.24) is 9.55 Å². The van der Waals surface area contributed by atoms with E-state index in [1.54, 1.807) is 0 Å². The molecule has 0 fully saturated rings. The van der Waals surface area contributed by atoms with Gasteiger partial charge < -0.3 is 10.3 Å². The Hall–Kier alpha value is -1.13. The molecule has 2 rings (SSSR count). The van der Waals surface area contributed by atoms with Gasteiger partial charge in [-0.2, -0.15) is 0 Å². The maximum absolute atomic E-state index is 5.99. The highest BCUT2D eigenvalue weighted by molar-refractivity contribution is 7.10. The van der Waals surface area contributed by atoms with Crippen molar-refractivity contribution in [3.8, 4) is 0 Å². The third-order valence-corrected chi connectivity index (χ3v) is 4.88. The molecule has 110 valence electrons. The Morgan fingerprint density at radius 3 is 2.75 bits per heavy atom. The number of nitrogens with two attached hydrogens (primary N) is 1. The fraction of sp³-hybridized carbons (Fsp3) is 0.562. The number of hydrogen-bond acceptors (Lipinski definition) is 3. The summed E-state index contributed by atoms with van der Waals surface area (Å²) in [6, 6.07) is 4.74. The van der Waals surface area contributed by atoms with Gasteiger partial charge in [-0.15, -0.1) is 11.3 Å². The van der Waals surface area contributed by atoms with Gasteiger partial charge in [-0.25, -0.2) is 4.98 Å². The molecule has 2 unspecified atom stereocenters. The normalized spacial score (nSPS) is 14.7. The average molecular weight is 291 g/mol. The lowest BCUT2D eigenvalue weighted by molar-refractivity contribution is 0.445. The topological polar surface area (TPSA) is 43.8 Å². The summed E-state index contributed by atoms with van der Waals surface area (Å²) >= 11 is 1.83. The van der Waals surface area contributed by atoms with Crippen molar-refractivity contribution in [2.24, 2.45) is 11.7 Å². The predicted molar refractivity (Wildman–Crippen MR) is 86.2 cm³/mol. The van der Waals surface area contributed by atoms with Crippen LogP contribution in [0, 0.1) is 5.92 Å². The number of aromatic nitrogens is 2. The van der Waals surface area contributed by atoms with Gasteiger partial charge in [-0.1, -0.05) is 33.3 Å². The summed E-state index contributed by atoms with van der Waals surface area (Å²) in [4.78, 5) is 5.81. The van der Waals surface area contributed by atoms with Crippen molar-refractivity contribution in [2.45, 2.75) is 45.6 Å². The van der Waals surface area contributed by atoms with Gasteiger partial charge in [-0.05, 0) is 23.8 Å². The average Bonchev–Trinajstić information content (AvgIpc) is 3.08. The minimum Gasteiger partial charge on any atom is -0.330 e. The van der Waals surface area contributed by atoms with E-state index in [4.69, 9.17) is 5.73 Å². The minimum atomic E-state index is 0.372. The van der Waals surface area contributed by atoms with Gasteiger partial charge in [-0.3, -0.25) is 0 Å². The number of imidazole rings is 1. The summed E-state index contributed by atoms with van der Waals surface area (Å²) in [5, 5.41) is 2.15. The first-order chi connectivity index (χ1) is 9.69. The van der Waals surface area contributed by atoms with Gasteiger partial charge in [0, 0.05) is 29.2 Å². The molecular formula is C16H25N3S. The van der Waals surface area contributed by atoms with Crippen molar-refractivity contribution in [1.29, 1.82) is 0 Å². The first-order valence-corrected chi connectivity index (χ1v) is 8.32. The van der Waals surface area contributed by atoms with E-state index in [9.17, 15) is 0 Å². The van der Waals surface area contributed by atoms with Gasteiger partial charge in [0.2, 0.25) is 0 Å². The second kappa shape index (κ2) is 7.04. The van der Waals surface area contributed by atoms with Crippen LogP contribution >= 0.6 is 11.3 Å². The van der Waals surface area contributed by atoms with Crippen molar-refractivity contribution in [2.75, 3.05) is 6.54 Å². The molecular weight excluding hydrogens is 266 g/mol. The molecule has 0 aliphatic heterocycles. The van der Waals surface area contributed by atoms with E-state index in [1.807, 2.05) is 23.9 Å². The molecule has 0 saturated carbocycles. The van der Waals surface area contributed by atoms with E-state index >= 15 is 0 Å². The van der Waals surface area contributed by atoms with Crippen molar-refractivity contribution >= 4 is 11.3 Å². The second-order valence-electron chi connectivity index (χ2n) is 5.63. The van der Waals surface area contributed by atoms with Crippen LogP contribution in [0.25, 0.3) is 0 Å². The van der Waals surface area contributed by atoms with Crippen LogP contribution in [-0.2, 0) is 0 Å². The Balaban J connectivity index is 2.37. The van der Waals surface area contributed by atoms with E-state index < -0.39 is 0 Å². The van der Waals surface area contributed by atoms with Gasteiger partial charge in [0.25, 0.3) is 0 Å². The van der Waals surface area contributed by atoms with E-state index in [1.165, 1.54) is 10.6 Å². The Kier molecular flexibility index (Phi) is 5.38. The van der Waals surface area contributed by atoms with Crippen molar-refractivity contribution in [3.63, 3.8) is 0 Å². The fourth-order valence-electron chi connectivity index (χ4n) is 2.77. The fourth-order valence-corrected chi connectivity index (χ4v) is 3.63. The molecule has 2 aromatic rings. The summed E-state index contributed by atoms with van der Waals surface area (Å²) in [7, 11) is 0. The number of rotatable bonds is 7. The standard InChI is InChI=1S/C16H25N3S/c1-4-6-14(16-7-5-8-20-16)19-11-18-10-15(19)13(9-17)12(2)3/h5,7-8,10-14H,4,6,9,17H2,1-3H3. The highest BCUT2D eigenvalue weighted by Crippen LogP contribution is 2.32. The first-order valence-electron chi connectivity index (χ1n) is 7.44. The third-order valence-electron chi connectivity index (χ3n) is 3.90. The van der Waals surface area contributed by atoms with Crippen LogP contribution in [0.5, 0.6) is 0 Å². The summed E-state index contributed by atoms with van der Waals surface area (Å²) in [5.41, 5.74) is 7.26. The Morgan fingerprint density at radius 2 is 2.20 bits per heavy atom. The zero-order valence-electron chi connectivity index (χ0n) is 12.6. The minimum absolute atomic E-state index is 0.372.